The van der Waals surface area contributed by atoms with Crippen molar-refractivity contribution < 1.29 is 13.2 Å². The van der Waals surface area contributed by atoms with E-state index in [4.69, 9.17) is 5.84 Å². The number of hydrogen-bond donors (Lipinski definition) is 2. The third-order valence-electron chi connectivity index (χ3n) is 2.54. The molecular weight excluding hydrogens is 249 g/mol. The third kappa shape index (κ3) is 1.90. The van der Waals surface area contributed by atoms with Crippen LogP contribution in [0, 0.1) is 0 Å². The van der Waals surface area contributed by atoms with E-state index >= 15 is 0 Å². The van der Waals surface area contributed by atoms with Crippen LogP contribution in [-0.2, 0) is 13.2 Å². The van der Waals surface area contributed by atoms with E-state index in [1.807, 2.05) is 0 Å². The van der Waals surface area contributed by atoms with Crippen LogP contribution in [0.4, 0.5) is 19.0 Å². The first-order valence-electron chi connectivity index (χ1n) is 4.89. The molecule has 0 saturated carbocycles. The molecule has 0 fully saturated rings. The van der Waals surface area contributed by atoms with Crippen molar-refractivity contribution in [3.63, 3.8) is 0 Å². The van der Waals surface area contributed by atoms with Gasteiger partial charge in [-0.15, -0.1) is 0 Å². The van der Waals surface area contributed by atoms with Crippen molar-refractivity contribution in [1.82, 2.24) is 9.55 Å². The molecule has 0 atom stereocenters. The fourth-order valence-corrected chi connectivity index (χ4v) is 1.60. The molecule has 0 unspecified atom stereocenters. The Morgan fingerprint density at radius 1 is 1.39 bits per heavy atom. The predicted molar refractivity (Wildman–Crippen MR) is 59.8 cm³/mol. The highest BCUT2D eigenvalue weighted by Crippen LogP contribution is 2.30. The largest absolute Gasteiger partial charge is 0.416 e. The van der Waals surface area contributed by atoms with Gasteiger partial charge in [0.15, 0.2) is 0 Å². The molecule has 0 amide bonds. The number of fused-ring (bicyclic) bond motifs is 1. The van der Waals surface area contributed by atoms with Crippen molar-refractivity contribution in [2.45, 2.75) is 6.18 Å². The van der Waals surface area contributed by atoms with Crippen molar-refractivity contribution in [1.29, 1.82) is 0 Å². The molecule has 3 N–H and O–H groups in total. The van der Waals surface area contributed by atoms with Crippen LogP contribution in [0.5, 0.6) is 0 Å². The number of halogens is 3. The van der Waals surface area contributed by atoms with E-state index in [1.165, 1.54) is 17.7 Å². The maximum atomic E-state index is 12.5. The molecule has 0 radical (unpaired) electrons. The van der Waals surface area contributed by atoms with E-state index in [0.29, 0.717) is 5.52 Å². The number of rotatable bonds is 1. The lowest BCUT2D eigenvalue weighted by Crippen LogP contribution is -2.25. The summed E-state index contributed by atoms with van der Waals surface area (Å²) in [7, 11) is 1.43. The molecule has 1 aromatic heterocycles. The molecule has 2 rings (SSSR count). The van der Waals surface area contributed by atoms with E-state index in [0.717, 1.165) is 12.1 Å². The number of anilines is 1. The molecule has 0 spiro atoms. The summed E-state index contributed by atoms with van der Waals surface area (Å²) in [4.78, 5) is 15.4. The summed E-state index contributed by atoms with van der Waals surface area (Å²) in [6, 6.07) is 2.97. The highest BCUT2D eigenvalue weighted by molar-refractivity contribution is 5.77. The maximum absolute atomic E-state index is 12.5. The van der Waals surface area contributed by atoms with Gasteiger partial charge in [0.05, 0.1) is 16.6 Å². The Morgan fingerprint density at radius 3 is 2.61 bits per heavy atom. The Kier molecular flexibility index (Phi) is 2.74. The number of hydrazine groups is 1. The number of benzene rings is 1. The van der Waals surface area contributed by atoms with E-state index < -0.39 is 17.3 Å². The maximum Gasteiger partial charge on any atom is 0.416 e. The summed E-state index contributed by atoms with van der Waals surface area (Å²) in [5, 5.41) is 0. The van der Waals surface area contributed by atoms with Crippen molar-refractivity contribution in [3.8, 4) is 0 Å². The van der Waals surface area contributed by atoms with Crippen molar-refractivity contribution in [2.24, 2.45) is 12.9 Å². The molecule has 0 aliphatic rings. The van der Waals surface area contributed by atoms with Gasteiger partial charge in [0.25, 0.3) is 5.56 Å². The number of alkyl halides is 3. The van der Waals surface area contributed by atoms with Gasteiger partial charge in [0, 0.05) is 7.05 Å². The molecule has 0 aliphatic heterocycles. The third-order valence-corrected chi connectivity index (χ3v) is 2.54. The van der Waals surface area contributed by atoms with Gasteiger partial charge in [0.1, 0.15) is 0 Å². The number of nitrogens with one attached hydrogen (secondary N) is 1. The summed E-state index contributed by atoms with van der Waals surface area (Å²) in [5.74, 6) is 4.88. The Labute approximate surface area is 99.0 Å². The van der Waals surface area contributed by atoms with Crippen LogP contribution in [-0.4, -0.2) is 9.55 Å². The molecular formula is C10H9F3N4O. The van der Waals surface area contributed by atoms with E-state index in [1.54, 1.807) is 0 Å². The first kappa shape index (κ1) is 12.4. The van der Waals surface area contributed by atoms with Crippen LogP contribution in [0.2, 0.25) is 0 Å². The van der Waals surface area contributed by atoms with Gasteiger partial charge in [-0.05, 0) is 18.2 Å². The number of nitrogen functional groups attached to an aromatic ring is 1. The van der Waals surface area contributed by atoms with Crippen molar-refractivity contribution >= 4 is 16.9 Å². The Hall–Kier alpha value is -2.09. The standard InChI is InChI=1S/C10H9F3N4O/c1-17-7-3-2-5(10(11,12)13)4-6(7)15-8(16-14)9(17)18/h2-4H,14H2,1H3,(H,15,16). The Bertz CT molecular complexity index is 662. The second-order valence-electron chi connectivity index (χ2n) is 3.67. The van der Waals surface area contributed by atoms with Gasteiger partial charge < -0.3 is 9.99 Å². The van der Waals surface area contributed by atoms with Crippen LogP contribution in [0.25, 0.3) is 11.0 Å². The second-order valence-corrected chi connectivity index (χ2v) is 3.67. The fraction of sp³-hybridized carbons (Fsp3) is 0.200. The smallest absolute Gasteiger partial charge is 0.307 e. The number of hydrogen-bond acceptors (Lipinski definition) is 4. The van der Waals surface area contributed by atoms with Crippen molar-refractivity contribution in [2.75, 3.05) is 5.43 Å². The van der Waals surface area contributed by atoms with E-state index in [2.05, 4.69) is 10.4 Å². The quantitative estimate of drug-likeness (QED) is 0.596. The predicted octanol–water partition coefficient (Wildman–Crippen LogP) is 1.24. The molecule has 0 bridgehead atoms. The van der Waals surface area contributed by atoms with Crippen LogP contribution >= 0.6 is 0 Å². The minimum Gasteiger partial charge on any atom is -0.307 e. The van der Waals surface area contributed by atoms with Gasteiger partial charge in [0.2, 0.25) is 5.82 Å². The summed E-state index contributed by atoms with van der Waals surface area (Å²) in [6.45, 7) is 0. The minimum absolute atomic E-state index is 0.0416. The summed E-state index contributed by atoms with van der Waals surface area (Å²) in [5.41, 5.74) is 1.06. The molecule has 2 aromatic rings. The number of aromatic nitrogens is 2. The Balaban J connectivity index is 2.79. The highest BCUT2D eigenvalue weighted by atomic mass is 19.4. The average molecular weight is 258 g/mol. The molecule has 5 nitrogen and oxygen atoms in total. The lowest BCUT2D eigenvalue weighted by molar-refractivity contribution is -0.137. The zero-order chi connectivity index (χ0) is 13.5. The zero-order valence-corrected chi connectivity index (χ0v) is 9.25. The normalized spacial score (nSPS) is 11.8. The molecule has 96 valence electrons. The topological polar surface area (TPSA) is 72.9 Å². The van der Waals surface area contributed by atoms with Gasteiger partial charge in [-0.2, -0.15) is 13.2 Å². The number of aryl methyl sites for hydroxylation is 1. The SMILES string of the molecule is Cn1c(=O)c(NN)nc2cc(C(F)(F)F)ccc21. The average Bonchev–Trinajstić information content (AvgIpc) is 2.32. The number of nitrogens with zero attached hydrogens (tertiary/aromatic N) is 2. The molecule has 1 heterocycles. The van der Waals surface area contributed by atoms with Gasteiger partial charge in [-0.1, -0.05) is 0 Å². The van der Waals surface area contributed by atoms with Gasteiger partial charge >= 0.3 is 6.18 Å². The second kappa shape index (κ2) is 3.98. The summed E-state index contributed by atoms with van der Waals surface area (Å²) in [6.07, 6.45) is -4.46. The lowest BCUT2D eigenvalue weighted by Gasteiger charge is -2.10. The van der Waals surface area contributed by atoms with E-state index in [-0.39, 0.29) is 11.3 Å². The first-order chi connectivity index (χ1) is 8.34. The summed E-state index contributed by atoms with van der Waals surface area (Å²) < 4.78 is 38.8. The Morgan fingerprint density at radius 2 is 2.06 bits per heavy atom. The van der Waals surface area contributed by atoms with E-state index in [9.17, 15) is 18.0 Å². The fourth-order valence-electron chi connectivity index (χ4n) is 1.60. The van der Waals surface area contributed by atoms with Crippen LogP contribution in [0.3, 0.4) is 0 Å². The number of nitrogens with two attached hydrogens (primary N) is 1. The monoisotopic (exact) mass is 258 g/mol. The molecule has 8 heteroatoms. The van der Waals surface area contributed by atoms with Crippen LogP contribution < -0.4 is 16.8 Å². The molecule has 18 heavy (non-hydrogen) atoms. The molecule has 0 saturated heterocycles. The summed E-state index contributed by atoms with van der Waals surface area (Å²) >= 11 is 0. The van der Waals surface area contributed by atoms with Crippen LogP contribution in [0.1, 0.15) is 5.56 Å². The van der Waals surface area contributed by atoms with Gasteiger partial charge in [-0.25, -0.2) is 10.8 Å². The zero-order valence-electron chi connectivity index (χ0n) is 9.25. The molecule has 0 aliphatic carbocycles. The van der Waals surface area contributed by atoms with Crippen molar-refractivity contribution in [3.05, 3.63) is 34.1 Å². The minimum atomic E-state index is -4.46. The van der Waals surface area contributed by atoms with Crippen LogP contribution in [0.15, 0.2) is 23.0 Å². The highest BCUT2D eigenvalue weighted by Gasteiger charge is 2.30. The molecule has 1 aromatic carbocycles. The first-order valence-corrected chi connectivity index (χ1v) is 4.89. The van der Waals surface area contributed by atoms with Gasteiger partial charge in [-0.3, -0.25) is 4.79 Å². The lowest BCUT2D eigenvalue weighted by atomic mass is 10.2.